The maximum Gasteiger partial charge on any atom is 0.161 e. The first-order chi connectivity index (χ1) is 8.85. The lowest BCUT2D eigenvalue weighted by Crippen LogP contribution is -2.16. The van der Waals surface area contributed by atoms with Gasteiger partial charge in [0.15, 0.2) is 5.17 Å². The first-order valence-corrected chi connectivity index (χ1v) is 7.46. The Hall–Kier alpha value is -1.03. The summed E-state index contributed by atoms with van der Waals surface area (Å²) in [7, 11) is 0. The van der Waals surface area contributed by atoms with Crippen molar-refractivity contribution >= 4 is 22.6 Å². The van der Waals surface area contributed by atoms with Crippen LogP contribution in [0.25, 0.3) is 0 Å². The van der Waals surface area contributed by atoms with Gasteiger partial charge in [-0.25, -0.2) is 4.39 Å². The number of anilines is 1. The summed E-state index contributed by atoms with van der Waals surface area (Å²) in [4.78, 5) is 4.48. The van der Waals surface area contributed by atoms with Crippen LogP contribution in [0.1, 0.15) is 32.8 Å². The largest absolute Gasteiger partial charge is 0.332 e. The molecule has 1 N–H and O–H groups in total. The number of aryl methyl sites for hydroxylation is 1. The molecule has 0 fully saturated rings. The zero-order chi connectivity index (χ0) is 14.0. The van der Waals surface area contributed by atoms with Crippen LogP contribution in [0.3, 0.4) is 0 Å². The van der Waals surface area contributed by atoms with E-state index < -0.39 is 0 Å². The fourth-order valence-electron chi connectivity index (χ4n) is 2.17. The Morgan fingerprint density at radius 2 is 2.16 bits per heavy atom. The average molecular weight is 280 g/mol. The van der Waals surface area contributed by atoms with Gasteiger partial charge in [-0.05, 0) is 30.4 Å². The average Bonchev–Trinajstić information content (AvgIpc) is 2.69. The van der Waals surface area contributed by atoms with Gasteiger partial charge in [0.25, 0.3) is 0 Å². The fraction of sp³-hybridized carbons (Fsp3) is 0.533. The third kappa shape index (κ3) is 3.96. The number of nitrogens with one attached hydrogen (secondary N) is 1. The number of halogens is 1. The molecule has 1 aliphatic rings. The van der Waals surface area contributed by atoms with E-state index in [1.54, 1.807) is 17.8 Å². The number of rotatable bonds is 2. The van der Waals surface area contributed by atoms with Crippen molar-refractivity contribution < 1.29 is 4.39 Å². The van der Waals surface area contributed by atoms with Gasteiger partial charge in [-0.15, -0.1) is 0 Å². The minimum Gasteiger partial charge on any atom is -0.332 e. The van der Waals surface area contributed by atoms with Gasteiger partial charge in [0.2, 0.25) is 0 Å². The second-order valence-corrected chi connectivity index (χ2v) is 7.50. The summed E-state index contributed by atoms with van der Waals surface area (Å²) in [6.07, 6.45) is 1.11. The molecule has 0 saturated carbocycles. The van der Waals surface area contributed by atoms with Gasteiger partial charge < -0.3 is 5.32 Å². The number of hydrogen-bond donors (Lipinski definition) is 1. The second-order valence-electron chi connectivity index (χ2n) is 6.21. The standard InChI is InChI=1S/C15H21FN2S/c1-10-6-5-7-12(16)13(10)18-14-17-9-11(19-14)8-15(2,3)4/h5-7,11H,8-9H2,1-4H3,(H,17,18). The highest BCUT2D eigenvalue weighted by molar-refractivity contribution is 8.15. The molecule has 1 aromatic carbocycles. The van der Waals surface area contributed by atoms with Gasteiger partial charge in [0, 0.05) is 5.25 Å². The van der Waals surface area contributed by atoms with Gasteiger partial charge in [-0.3, -0.25) is 4.99 Å². The van der Waals surface area contributed by atoms with Gasteiger partial charge in [0.1, 0.15) is 5.82 Å². The van der Waals surface area contributed by atoms with Crippen molar-refractivity contribution in [3.8, 4) is 0 Å². The predicted octanol–water partition coefficient (Wildman–Crippen LogP) is 4.45. The van der Waals surface area contributed by atoms with Crippen LogP contribution in [0.2, 0.25) is 0 Å². The number of hydrogen-bond acceptors (Lipinski definition) is 3. The summed E-state index contributed by atoms with van der Waals surface area (Å²) in [6.45, 7) is 9.43. The number of thioether (sulfide) groups is 1. The predicted molar refractivity (Wildman–Crippen MR) is 82.5 cm³/mol. The molecule has 19 heavy (non-hydrogen) atoms. The zero-order valence-corrected chi connectivity index (χ0v) is 12.8. The molecule has 2 rings (SSSR count). The number of para-hydroxylation sites is 1. The van der Waals surface area contributed by atoms with E-state index in [0.717, 1.165) is 23.7 Å². The minimum atomic E-state index is -0.220. The maximum atomic E-state index is 13.7. The van der Waals surface area contributed by atoms with E-state index in [0.29, 0.717) is 16.4 Å². The van der Waals surface area contributed by atoms with E-state index in [1.165, 1.54) is 6.07 Å². The fourth-order valence-corrected chi connectivity index (χ4v) is 3.53. The van der Waals surface area contributed by atoms with E-state index in [2.05, 4.69) is 31.1 Å². The third-order valence-corrected chi connectivity index (χ3v) is 4.11. The molecule has 0 bridgehead atoms. The van der Waals surface area contributed by atoms with E-state index >= 15 is 0 Å². The highest BCUT2D eigenvalue weighted by Crippen LogP contribution is 2.33. The van der Waals surface area contributed by atoms with Gasteiger partial charge in [-0.2, -0.15) is 0 Å². The molecule has 0 spiro atoms. The first kappa shape index (κ1) is 14.4. The van der Waals surface area contributed by atoms with E-state index in [-0.39, 0.29) is 5.82 Å². The molecule has 1 aromatic rings. The highest BCUT2D eigenvalue weighted by Gasteiger charge is 2.25. The van der Waals surface area contributed by atoms with Crippen LogP contribution >= 0.6 is 11.8 Å². The molecule has 0 aromatic heterocycles. The summed E-state index contributed by atoms with van der Waals surface area (Å²) in [5, 5.41) is 4.46. The SMILES string of the molecule is Cc1cccc(F)c1NC1=NCC(CC(C)(C)C)S1. The lowest BCUT2D eigenvalue weighted by Gasteiger charge is -2.21. The summed E-state index contributed by atoms with van der Waals surface area (Å²) in [5.74, 6) is -0.220. The summed E-state index contributed by atoms with van der Waals surface area (Å²) >= 11 is 1.72. The lowest BCUT2D eigenvalue weighted by molar-refractivity contribution is 0.375. The minimum absolute atomic E-state index is 0.220. The molecule has 4 heteroatoms. The lowest BCUT2D eigenvalue weighted by atomic mass is 9.90. The van der Waals surface area contributed by atoms with Crippen molar-refractivity contribution in [2.75, 3.05) is 11.9 Å². The molecule has 0 saturated heterocycles. The maximum absolute atomic E-state index is 13.7. The van der Waals surface area contributed by atoms with Crippen LogP contribution in [0.5, 0.6) is 0 Å². The van der Waals surface area contributed by atoms with E-state index in [1.807, 2.05) is 13.0 Å². The number of benzene rings is 1. The van der Waals surface area contributed by atoms with Crippen molar-refractivity contribution in [2.45, 2.75) is 39.4 Å². The second kappa shape index (κ2) is 5.53. The Balaban J connectivity index is 1.99. The molecule has 0 radical (unpaired) electrons. The molecular weight excluding hydrogens is 259 g/mol. The summed E-state index contributed by atoms with van der Waals surface area (Å²) in [5.41, 5.74) is 1.75. The normalized spacial score (nSPS) is 19.4. The molecule has 0 amide bonds. The topological polar surface area (TPSA) is 24.4 Å². The Kier molecular flexibility index (Phi) is 4.19. The molecule has 0 aliphatic carbocycles. The third-order valence-electron chi connectivity index (χ3n) is 3.01. The van der Waals surface area contributed by atoms with Crippen LogP contribution < -0.4 is 5.32 Å². The summed E-state index contributed by atoms with van der Waals surface area (Å²) in [6, 6.07) is 5.10. The van der Waals surface area contributed by atoms with Crippen LogP contribution in [-0.2, 0) is 0 Å². The van der Waals surface area contributed by atoms with Crippen molar-refractivity contribution in [1.29, 1.82) is 0 Å². The summed E-state index contributed by atoms with van der Waals surface area (Å²) < 4.78 is 13.7. The molecule has 1 unspecified atom stereocenters. The smallest absolute Gasteiger partial charge is 0.161 e. The molecule has 1 aliphatic heterocycles. The monoisotopic (exact) mass is 280 g/mol. The molecule has 104 valence electrons. The Morgan fingerprint density at radius 1 is 1.42 bits per heavy atom. The molecule has 2 nitrogen and oxygen atoms in total. The van der Waals surface area contributed by atoms with E-state index in [9.17, 15) is 4.39 Å². The van der Waals surface area contributed by atoms with Crippen molar-refractivity contribution in [2.24, 2.45) is 10.4 Å². The van der Waals surface area contributed by atoms with Gasteiger partial charge in [-0.1, -0.05) is 44.7 Å². The van der Waals surface area contributed by atoms with Crippen molar-refractivity contribution in [3.05, 3.63) is 29.6 Å². The zero-order valence-electron chi connectivity index (χ0n) is 12.0. The van der Waals surface area contributed by atoms with Gasteiger partial charge >= 0.3 is 0 Å². The molecule has 1 atom stereocenters. The molecule has 1 heterocycles. The van der Waals surface area contributed by atoms with Crippen LogP contribution in [0.4, 0.5) is 10.1 Å². The van der Waals surface area contributed by atoms with Crippen molar-refractivity contribution in [3.63, 3.8) is 0 Å². The van der Waals surface area contributed by atoms with Crippen molar-refractivity contribution in [1.82, 2.24) is 0 Å². The number of nitrogens with zero attached hydrogens (tertiary/aromatic N) is 1. The highest BCUT2D eigenvalue weighted by atomic mass is 32.2. The molecular formula is C15H21FN2S. The Morgan fingerprint density at radius 3 is 2.79 bits per heavy atom. The quantitative estimate of drug-likeness (QED) is 0.865. The van der Waals surface area contributed by atoms with Crippen LogP contribution in [-0.4, -0.2) is 17.0 Å². The first-order valence-electron chi connectivity index (χ1n) is 6.58. The Bertz CT molecular complexity index is 471. The Labute approximate surface area is 118 Å². The van der Waals surface area contributed by atoms with Crippen LogP contribution in [0, 0.1) is 18.2 Å². The van der Waals surface area contributed by atoms with Gasteiger partial charge in [0.05, 0.1) is 12.2 Å². The number of amidine groups is 1. The number of aliphatic imine (C=N–C) groups is 1. The van der Waals surface area contributed by atoms with Crippen LogP contribution in [0.15, 0.2) is 23.2 Å². The van der Waals surface area contributed by atoms with E-state index in [4.69, 9.17) is 0 Å².